The Hall–Kier alpha value is -2.33. The van der Waals surface area contributed by atoms with Crippen LogP contribution in [0.15, 0.2) is 42.5 Å². The number of hydrogen-bond acceptors (Lipinski definition) is 2. The van der Waals surface area contributed by atoms with Crippen molar-refractivity contribution in [3.8, 4) is 0 Å². The van der Waals surface area contributed by atoms with Gasteiger partial charge in [0.05, 0.1) is 11.6 Å². The number of nitrogens with one attached hydrogen (secondary N) is 1. The summed E-state index contributed by atoms with van der Waals surface area (Å²) in [6, 6.07) is 12.6. The molecule has 3 rings (SSSR count). The molecule has 2 aromatic rings. The summed E-state index contributed by atoms with van der Waals surface area (Å²) in [4.78, 5) is 23.4. The maximum Gasteiger partial charge on any atom is 0.335 e. The van der Waals surface area contributed by atoms with Crippen molar-refractivity contribution in [3.05, 3.63) is 69.7 Å². The van der Waals surface area contributed by atoms with Crippen LogP contribution in [0.2, 0.25) is 5.02 Å². The number of rotatable bonds is 5. The van der Waals surface area contributed by atoms with Crippen LogP contribution in [-0.4, -0.2) is 17.0 Å². The predicted octanol–water partition coefficient (Wildman–Crippen LogP) is 3.77. The Morgan fingerprint density at radius 1 is 1.21 bits per heavy atom. The molecule has 1 amide bonds. The SMILES string of the molecule is O=C(CCc1ccccc1C(=O)O)NC1CCc2cc(Cl)ccc21. The highest BCUT2D eigenvalue weighted by molar-refractivity contribution is 6.30. The van der Waals surface area contributed by atoms with Crippen LogP contribution in [0.5, 0.6) is 0 Å². The first-order chi connectivity index (χ1) is 11.5. The molecule has 2 aromatic carbocycles. The molecule has 4 nitrogen and oxygen atoms in total. The third kappa shape index (κ3) is 3.60. The van der Waals surface area contributed by atoms with Gasteiger partial charge in [-0.15, -0.1) is 0 Å². The van der Waals surface area contributed by atoms with Crippen molar-refractivity contribution >= 4 is 23.5 Å². The number of benzene rings is 2. The summed E-state index contributed by atoms with van der Waals surface area (Å²) in [5, 5.41) is 12.9. The molecule has 1 unspecified atom stereocenters. The van der Waals surface area contributed by atoms with Crippen LogP contribution in [-0.2, 0) is 17.6 Å². The zero-order chi connectivity index (χ0) is 17.1. The normalized spacial score (nSPS) is 15.8. The lowest BCUT2D eigenvalue weighted by Crippen LogP contribution is -2.27. The van der Waals surface area contributed by atoms with Crippen LogP contribution >= 0.6 is 11.6 Å². The fourth-order valence-electron chi connectivity index (χ4n) is 3.20. The Bertz CT molecular complexity index is 788. The zero-order valence-electron chi connectivity index (χ0n) is 13.1. The van der Waals surface area contributed by atoms with Crippen LogP contribution < -0.4 is 5.32 Å². The number of amides is 1. The first-order valence-corrected chi connectivity index (χ1v) is 8.31. The fourth-order valence-corrected chi connectivity index (χ4v) is 3.39. The van der Waals surface area contributed by atoms with Gasteiger partial charge in [0.25, 0.3) is 0 Å². The van der Waals surface area contributed by atoms with Crippen molar-refractivity contribution < 1.29 is 14.7 Å². The average molecular weight is 344 g/mol. The molecule has 0 spiro atoms. The molecule has 0 heterocycles. The molecule has 0 radical (unpaired) electrons. The van der Waals surface area contributed by atoms with Gasteiger partial charge >= 0.3 is 5.97 Å². The Labute approximate surface area is 145 Å². The maximum atomic E-state index is 12.2. The molecular formula is C19H18ClNO3. The lowest BCUT2D eigenvalue weighted by molar-refractivity contribution is -0.121. The predicted molar refractivity (Wildman–Crippen MR) is 92.4 cm³/mol. The van der Waals surface area contributed by atoms with Crippen LogP contribution in [0.3, 0.4) is 0 Å². The van der Waals surface area contributed by atoms with Crippen LogP contribution in [0.25, 0.3) is 0 Å². The lowest BCUT2D eigenvalue weighted by atomic mass is 10.0. The molecule has 124 valence electrons. The highest BCUT2D eigenvalue weighted by Crippen LogP contribution is 2.32. The molecule has 2 N–H and O–H groups in total. The van der Waals surface area contributed by atoms with Crippen molar-refractivity contribution in [2.75, 3.05) is 0 Å². The van der Waals surface area contributed by atoms with Crippen LogP contribution in [0, 0.1) is 0 Å². The minimum atomic E-state index is -0.965. The highest BCUT2D eigenvalue weighted by atomic mass is 35.5. The summed E-state index contributed by atoms with van der Waals surface area (Å²) >= 11 is 6.00. The number of fused-ring (bicyclic) bond motifs is 1. The van der Waals surface area contributed by atoms with E-state index in [1.54, 1.807) is 24.3 Å². The minimum absolute atomic E-state index is 0.0134. The Morgan fingerprint density at radius 2 is 2.00 bits per heavy atom. The molecule has 5 heteroatoms. The van der Waals surface area contributed by atoms with E-state index in [1.807, 2.05) is 18.2 Å². The molecule has 0 saturated carbocycles. The first kappa shape index (κ1) is 16.5. The second kappa shape index (κ2) is 7.05. The van der Waals surface area contributed by atoms with Gasteiger partial charge in [0.15, 0.2) is 0 Å². The van der Waals surface area contributed by atoms with Gasteiger partial charge in [0.1, 0.15) is 0 Å². The van der Waals surface area contributed by atoms with E-state index in [9.17, 15) is 14.7 Å². The Kier molecular flexibility index (Phi) is 4.86. The van der Waals surface area contributed by atoms with E-state index in [0.29, 0.717) is 17.0 Å². The fraction of sp³-hybridized carbons (Fsp3) is 0.263. The number of carboxylic acid groups (broad SMARTS) is 1. The van der Waals surface area contributed by atoms with Gasteiger partial charge in [0, 0.05) is 11.4 Å². The van der Waals surface area contributed by atoms with Gasteiger partial charge in [-0.3, -0.25) is 4.79 Å². The van der Waals surface area contributed by atoms with E-state index < -0.39 is 5.97 Å². The van der Waals surface area contributed by atoms with Gasteiger partial charge in [-0.25, -0.2) is 4.79 Å². The van der Waals surface area contributed by atoms with Gasteiger partial charge in [-0.2, -0.15) is 0 Å². The molecule has 1 aliphatic carbocycles. The summed E-state index contributed by atoms with van der Waals surface area (Å²) in [7, 11) is 0. The van der Waals surface area contributed by atoms with E-state index >= 15 is 0 Å². The van der Waals surface area contributed by atoms with E-state index in [4.69, 9.17) is 11.6 Å². The molecule has 0 saturated heterocycles. The smallest absolute Gasteiger partial charge is 0.335 e. The van der Waals surface area contributed by atoms with Crippen molar-refractivity contribution in [2.45, 2.75) is 31.7 Å². The third-order valence-corrected chi connectivity index (χ3v) is 4.62. The molecule has 0 aromatic heterocycles. The van der Waals surface area contributed by atoms with E-state index in [0.717, 1.165) is 18.4 Å². The van der Waals surface area contributed by atoms with E-state index in [1.165, 1.54) is 5.56 Å². The zero-order valence-corrected chi connectivity index (χ0v) is 13.8. The van der Waals surface area contributed by atoms with Gasteiger partial charge in [0.2, 0.25) is 5.91 Å². The summed E-state index contributed by atoms with van der Waals surface area (Å²) < 4.78 is 0. The third-order valence-electron chi connectivity index (χ3n) is 4.39. The van der Waals surface area contributed by atoms with E-state index in [-0.39, 0.29) is 23.9 Å². The second-order valence-electron chi connectivity index (χ2n) is 5.96. The molecule has 0 aliphatic heterocycles. The van der Waals surface area contributed by atoms with Crippen molar-refractivity contribution in [1.82, 2.24) is 5.32 Å². The Balaban J connectivity index is 1.61. The number of carboxylic acids is 1. The first-order valence-electron chi connectivity index (χ1n) is 7.93. The number of carbonyl (C=O) groups excluding carboxylic acids is 1. The van der Waals surface area contributed by atoms with Crippen molar-refractivity contribution in [1.29, 1.82) is 0 Å². The summed E-state index contributed by atoms with van der Waals surface area (Å²) in [5.74, 6) is -1.03. The summed E-state index contributed by atoms with van der Waals surface area (Å²) in [5.41, 5.74) is 3.24. The highest BCUT2D eigenvalue weighted by Gasteiger charge is 2.24. The minimum Gasteiger partial charge on any atom is -0.478 e. The van der Waals surface area contributed by atoms with Crippen molar-refractivity contribution in [2.24, 2.45) is 0 Å². The molecular weight excluding hydrogens is 326 g/mol. The molecule has 1 atom stereocenters. The number of aromatic carboxylic acids is 1. The number of hydrogen-bond donors (Lipinski definition) is 2. The molecule has 1 aliphatic rings. The molecule has 0 fully saturated rings. The summed E-state index contributed by atoms with van der Waals surface area (Å²) in [6.07, 6.45) is 2.45. The maximum absolute atomic E-state index is 12.2. The molecule has 24 heavy (non-hydrogen) atoms. The standard InChI is InChI=1S/C19H18ClNO3/c20-14-7-8-15-13(11-14)5-9-17(15)21-18(22)10-6-12-3-1-2-4-16(12)19(23)24/h1-4,7-8,11,17H,5-6,9-10H2,(H,21,22)(H,23,24). The Morgan fingerprint density at radius 3 is 2.79 bits per heavy atom. The van der Waals surface area contributed by atoms with Crippen LogP contribution in [0.4, 0.5) is 0 Å². The number of aryl methyl sites for hydroxylation is 2. The van der Waals surface area contributed by atoms with Crippen LogP contribution in [0.1, 0.15) is 45.9 Å². The average Bonchev–Trinajstić information content (AvgIpc) is 2.95. The quantitative estimate of drug-likeness (QED) is 0.868. The van der Waals surface area contributed by atoms with Crippen molar-refractivity contribution in [3.63, 3.8) is 0 Å². The number of carbonyl (C=O) groups is 2. The topological polar surface area (TPSA) is 66.4 Å². The van der Waals surface area contributed by atoms with E-state index in [2.05, 4.69) is 5.32 Å². The lowest BCUT2D eigenvalue weighted by Gasteiger charge is -2.14. The van der Waals surface area contributed by atoms with Gasteiger partial charge < -0.3 is 10.4 Å². The summed E-state index contributed by atoms with van der Waals surface area (Å²) in [6.45, 7) is 0. The number of halogens is 1. The second-order valence-corrected chi connectivity index (χ2v) is 6.40. The monoisotopic (exact) mass is 343 g/mol. The largest absolute Gasteiger partial charge is 0.478 e. The van der Waals surface area contributed by atoms with Gasteiger partial charge in [-0.1, -0.05) is 35.9 Å². The molecule has 0 bridgehead atoms. The van der Waals surface area contributed by atoms with Gasteiger partial charge in [-0.05, 0) is 54.2 Å².